The van der Waals surface area contributed by atoms with Crippen LogP contribution in [0.3, 0.4) is 0 Å². The Hall–Kier alpha value is -5.17. The predicted octanol–water partition coefficient (Wildman–Crippen LogP) is 7.90. The van der Waals surface area contributed by atoms with Crippen LogP contribution in [0.4, 0.5) is 9.59 Å². The molecule has 1 aliphatic heterocycles. The molecule has 0 radical (unpaired) electrons. The highest BCUT2D eigenvalue weighted by Gasteiger charge is 2.65. The van der Waals surface area contributed by atoms with E-state index in [1.54, 1.807) is 24.1 Å². The van der Waals surface area contributed by atoms with E-state index in [-0.39, 0.29) is 50.6 Å². The first kappa shape index (κ1) is 42.4. The van der Waals surface area contributed by atoms with Crippen LogP contribution in [0.1, 0.15) is 74.5 Å². The number of unbranched alkanes of at least 4 members (excludes halogenated alkanes) is 2. The number of benzene rings is 3. The van der Waals surface area contributed by atoms with Gasteiger partial charge in [-0.3, -0.25) is 0 Å². The molecule has 6 unspecified atom stereocenters. The smallest absolute Gasteiger partial charge is 0.412 e. The Morgan fingerprint density at radius 2 is 1.69 bits per heavy atom. The van der Waals surface area contributed by atoms with Gasteiger partial charge in [0.2, 0.25) is 5.79 Å². The third-order valence-electron chi connectivity index (χ3n) is 11.4. The first-order valence-electron chi connectivity index (χ1n) is 20.5. The molecule has 3 N–H and O–H groups in total. The lowest BCUT2D eigenvalue weighted by Gasteiger charge is -2.59. The van der Waals surface area contributed by atoms with Gasteiger partial charge >= 0.3 is 12.2 Å². The summed E-state index contributed by atoms with van der Waals surface area (Å²) < 4.78 is 25.8. The van der Waals surface area contributed by atoms with E-state index in [2.05, 4.69) is 23.1 Å². The number of rotatable bonds is 19. The largest absolute Gasteiger partial charge is 0.459 e. The Bertz CT molecular complexity index is 1890. The van der Waals surface area contributed by atoms with Gasteiger partial charge in [0, 0.05) is 44.7 Å². The van der Waals surface area contributed by atoms with Crippen LogP contribution < -0.4 is 14.8 Å². The number of aliphatic hydroxyl groups is 2. The molecule has 3 aromatic carbocycles. The SMILES string of the molecule is C=CCOC12Oc3ccc(OC(=O)NCc4ccccc4)cc3C3C(CCCCO)C(CCCCO)C=C(C(=NOCC)CC1N(C)C(=O)OCc1ccccc1)C32. The molecule has 12 nitrogen and oxygen atoms in total. The predicted molar refractivity (Wildman–Crippen MR) is 220 cm³/mol. The highest BCUT2D eigenvalue weighted by Crippen LogP contribution is 2.61. The summed E-state index contributed by atoms with van der Waals surface area (Å²) >= 11 is 0. The Balaban J connectivity index is 1.46. The third kappa shape index (κ3) is 9.74. The van der Waals surface area contributed by atoms with Crippen LogP contribution in [-0.4, -0.2) is 78.3 Å². The topological polar surface area (TPSA) is 148 Å². The molecule has 6 rings (SSSR count). The van der Waals surface area contributed by atoms with Gasteiger partial charge < -0.3 is 44.2 Å². The van der Waals surface area contributed by atoms with Gasteiger partial charge in [0.1, 0.15) is 30.8 Å². The van der Waals surface area contributed by atoms with Crippen LogP contribution in [0.15, 0.2) is 108 Å². The number of hydrogen-bond acceptors (Lipinski definition) is 10. The summed E-state index contributed by atoms with van der Waals surface area (Å²) in [6.07, 6.45) is 7.52. The van der Waals surface area contributed by atoms with E-state index in [1.807, 2.05) is 79.7 Å². The number of fused-ring (bicyclic) bond motifs is 2. The van der Waals surface area contributed by atoms with Crippen molar-refractivity contribution in [2.24, 2.45) is 22.9 Å². The highest BCUT2D eigenvalue weighted by atomic mass is 16.7. The number of likely N-dealkylation sites (N-methyl/N-ethyl adjacent to an activating group) is 1. The number of aliphatic hydroxyl groups excluding tert-OH is 2. The summed E-state index contributed by atoms with van der Waals surface area (Å²) in [6.45, 7) is 6.88. The fourth-order valence-corrected chi connectivity index (χ4v) is 8.80. The second kappa shape index (κ2) is 20.5. The molecular weight excluding hydrogens is 739 g/mol. The van der Waals surface area contributed by atoms with Crippen molar-refractivity contribution < 1.29 is 43.6 Å². The van der Waals surface area contributed by atoms with Crippen molar-refractivity contribution in [1.82, 2.24) is 10.2 Å². The molecule has 310 valence electrons. The second-order valence-corrected chi connectivity index (χ2v) is 15.1. The Kier molecular flexibility index (Phi) is 15.0. The van der Waals surface area contributed by atoms with Crippen molar-refractivity contribution in [2.75, 3.05) is 33.5 Å². The minimum absolute atomic E-state index is 0.0120. The summed E-state index contributed by atoms with van der Waals surface area (Å²) in [5.41, 5.74) is 4.24. The summed E-state index contributed by atoms with van der Waals surface area (Å²) in [5, 5.41) is 27.2. The monoisotopic (exact) mass is 795 g/mol. The maximum atomic E-state index is 14.0. The van der Waals surface area contributed by atoms with Gasteiger partial charge in [0.15, 0.2) is 0 Å². The van der Waals surface area contributed by atoms with Crippen LogP contribution >= 0.6 is 0 Å². The number of carbonyl (C=O) groups is 2. The van der Waals surface area contributed by atoms with Crippen molar-refractivity contribution in [3.63, 3.8) is 0 Å². The van der Waals surface area contributed by atoms with Gasteiger partial charge in [-0.25, -0.2) is 9.59 Å². The Morgan fingerprint density at radius 1 is 0.983 bits per heavy atom. The summed E-state index contributed by atoms with van der Waals surface area (Å²) in [7, 11) is 1.70. The maximum absolute atomic E-state index is 14.0. The molecule has 12 heteroatoms. The van der Waals surface area contributed by atoms with Gasteiger partial charge in [-0.15, -0.1) is 6.58 Å². The maximum Gasteiger partial charge on any atom is 0.412 e. The van der Waals surface area contributed by atoms with Crippen molar-refractivity contribution in [2.45, 2.75) is 82.8 Å². The van der Waals surface area contributed by atoms with E-state index in [9.17, 15) is 19.8 Å². The van der Waals surface area contributed by atoms with Gasteiger partial charge in [-0.2, -0.15) is 0 Å². The zero-order valence-corrected chi connectivity index (χ0v) is 33.6. The summed E-state index contributed by atoms with van der Waals surface area (Å²) in [6, 6.07) is 23.8. The molecule has 0 aromatic heterocycles. The fraction of sp³-hybridized carbons (Fsp3) is 0.457. The lowest BCUT2D eigenvalue weighted by Crippen LogP contribution is -2.69. The fourth-order valence-electron chi connectivity index (χ4n) is 8.80. The number of ether oxygens (including phenoxy) is 4. The number of nitrogens with one attached hydrogen (secondary N) is 1. The zero-order valence-electron chi connectivity index (χ0n) is 33.6. The second-order valence-electron chi connectivity index (χ2n) is 15.1. The minimum Gasteiger partial charge on any atom is -0.459 e. The molecule has 0 spiro atoms. The van der Waals surface area contributed by atoms with Crippen LogP contribution in [0.25, 0.3) is 0 Å². The molecule has 2 aliphatic carbocycles. The van der Waals surface area contributed by atoms with Crippen LogP contribution in [0.5, 0.6) is 11.5 Å². The lowest BCUT2D eigenvalue weighted by molar-refractivity contribution is -0.253. The first-order valence-corrected chi connectivity index (χ1v) is 20.5. The van der Waals surface area contributed by atoms with E-state index in [1.165, 1.54) is 0 Å². The van der Waals surface area contributed by atoms with Gasteiger partial charge in [-0.05, 0) is 79.3 Å². The summed E-state index contributed by atoms with van der Waals surface area (Å²) in [4.78, 5) is 34.5. The average molecular weight is 796 g/mol. The van der Waals surface area contributed by atoms with E-state index in [0.29, 0.717) is 43.2 Å². The number of hydrogen-bond donors (Lipinski definition) is 3. The summed E-state index contributed by atoms with van der Waals surface area (Å²) in [5.74, 6) is -1.23. The Morgan fingerprint density at radius 3 is 2.38 bits per heavy atom. The van der Waals surface area contributed by atoms with E-state index >= 15 is 0 Å². The zero-order chi connectivity index (χ0) is 40.9. The molecule has 0 bridgehead atoms. The van der Waals surface area contributed by atoms with Gasteiger partial charge in [0.05, 0.1) is 18.2 Å². The molecule has 3 aliphatic rings. The lowest BCUT2D eigenvalue weighted by atomic mass is 9.55. The molecule has 6 atom stereocenters. The van der Waals surface area contributed by atoms with Gasteiger partial charge in [-0.1, -0.05) is 90.8 Å². The van der Waals surface area contributed by atoms with Crippen LogP contribution in [-0.2, 0) is 27.5 Å². The molecule has 58 heavy (non-hydrogen) atoms. The van der Waals surface area contributed by atoms with Gasteiger partial charge in [0.25, 0.3) is 0 Å². The molecule has 1 heterocycles. The van der Waals surface area contributed by atoms with Crippen molar-refractivity contribution in [3.8, 4) is 11.5 Å². The van der Waals surface area contributed by atoms with Crippen LogP contribution in [0, 0.1) is 17.8 Å². The van der Waals surface area contributed by atoms with E-state index in [4.69, 9.17) is 23.8 Å². The number of oxime groups is 1. The van der Waals surface area contributed by atoms with Crippen LogP contribution in [0.2, 0.25) is 0 Å². The number of allylic oxidation sites excluding steroid dienone is 1. The van der Waals surface area contributed by atoms with E-state index in [0.717, 1.165) is 47.9 Å². The number of carbonyl (C=O) groups excluding carboxylic acids is 2. The third-order valence-corrected chi connectivity index (χ3v) is 11.4. The molecular formula is C46H57N3O9. The molecule has 2 amide bonds. The quantitative estimate of drug-likeness (QED) is 0.0626. The molecule has 1 fully saturated rings. The highest BCUT2D eigenvalue weighted by molar-refractivity contribution is 6.03. The van der Waals surface area contributed by atoms with Crippen molar-refractivity contribution in [3.05, 3.63) is 120 Å². The average Bonchev–Trinajstić information content (AvgIpc) is 3.25. The number of nitrogens with zero attached hydrogens (tertiary/aromatic N) is 2. The van der Waals surface area contributed by atoms with Crippen molar-refractivity contribution >= 4 is 17.9 Å². The van der Waals surface area contributed by atoms with E-state index < -0.39 is 29.9 Å². The molecule has 0 saturated heterocycles. The standard InChI is InChI=1S/C46H57N3O9/c1-4-26-55-46-41(49(3)45(53)54-31-33-18-10-7-11-19-33)29-39(48-56-5-2)37-27-34(20-12-14-24-50)36(21-13-15-25-51)42(43(37)46)38-28-35(22-23-40(38)58-46)57-44(52)47-30-32-16-8-6-9-17-32/h4,6-11,16-19,22-23,27-28,34,36,41-43,50-51H,1,5,12-15,20-21,24-26,29-31H2,2-3H3,(H,47,52). The first-order chi connectivity index (χ1) is 28.3. The number of amides is 2. The Labute approximate surface area is 341 Å². The molecule has 3 aromatic rings. The molecule has 1 saturated carbocycles. The van der Waals surface area contributed by atoms with Crippen molar-refractivity contribution in [1.29, 1.82) is 0 Å². The minimum atomic E-state index is -1.43. The normalized spacial score (nSPS) is 23.7.